The van der Waals surface area contributed by atoms with Gasteiger partial charge in [0, 0.05) is 123 Å². The number of nitrogens with zero attached hydrogens (tertiary/aromatic N) is 7. The van der Waals surface area contributed by atoms with Crippen LogP contribution in [-0.2, 0) is 49.1 Å². The number of para-hydroxylation sites is 3. The molecule has 17 rings (SSSR count). The van der Waals surface area contributed by atoms with Gasteiger partial charge in [0.1, 0.15) is 22.5 Å². The van der Waals surface area contributed by atoms with Crippen LogP contribution in [0, 0.1) is 5.82 Å². The number of halogens is 10. The molecule has 3 saturated heterocycles. The summed E-state index contributed by atoms with van der Waals surface area (Å²) in [5, 5.41) is 15.1. The topological polar surface area (TPSA) is 235 Å². The predicted octanol–water partition coefficient (Wildman–Crippen LogP) is 8.62. The van der Waals surface area contributed by atoms with Gasteiger partial charge in [-0.25, -0.2) is 18.8 Å². The third kappa shape index (κ3) is 31.2. The van der Waals surface area contributed by atoms with Crippen LogP contribution in [0.2, 0.25) is 5.02 Å². The van der Waals surface area contributed by atoms with Gasteiger partial charge in [-0.15, -0.1) is 34.0 Å². The van der Waals surface area contributed by atoms with E-state index in [1.54, 1.807) is 63.1 Å². The lowest BCUT2D eigenvalue weighted by Gasteiger charge is -2.37. The molecule has 0 saturated carbocycles. The van der Waals surface area contributed by atoms with Crippen LogP contribution >= 0.6 is 109 Å². The molecule has 133 heavy (non-hydrogen) atoms. The maximum absolute atomic E-state index is 13.9. The maximum atomic E-state index is 13.9. The molecule has 3 aliphatic rings. The van der Waals surface area contributed by atoms with Crippen LogP contribution in [0.15, 0.2) is 285 Å². The van der Waals surface area contributed by atoms with Crippen molar-refractivity contribution in [2.45, 2.75) is 48.6 Å². The highest BCUT2D eigenvalue weighted by molar-refractivity contribution is 9.09. The summed E-state index contributed by atoms with van der Waals surface area (Å²) < 4.78 is 31.7. The summed E-state index contributed by atoms with van der Waals surface area (Å²) in [6.07, 6.45) is 0. The Morgan fingerprint density at radius 1 is 0.383 bits per heavy atom. The second-order valence-corrected chi connectivity index (χ2v) is 34.2. The molecule has 2 N–H and O–H groups in total. The standard InChI is InChI=1S/C28H26FN3O4S.C21H21N3O4S.C13H12ClNO3.C9H12N2OS.4C7H7Br.4FH/c1-2-36-28(35)24-25(30-13-15-31(16-14-30)26(33)23-8-5-17-37-23)21-6-3-4-7-22(21)32(27(24)34)18-19-9-11-20(29)12-10-19;1-2-28-21(27)17-18(14-6-3-4-7-15(14)22-19(17)25)23-9-11-24(12-10-23)20(26)16-8-5-13-29-16;1-3-18-13(17)10-11(14)8-6-4-5-7-9(8)15(2)12(10)16;12-9(8-2-1-7-13-8)11-5-3-10-4-6-11;4*8-6-7-4-2-1-3-5-7;;;;/h3-12,17H,2,13-16,18H2,1H3;3-8,13H,2,9-12H2,1H3,(H,22,25);4-7H,3H2,1-2H3;1-2,7,10H,3-6H2;4*1-5H,6H2;4*1H/p-4. The molecule has 34 heteroatoms. The summed E-state index contributed by atoms with van der Waals surface area (Å²) in [4.78, 5) is 128. The lowest BCUT2D eigenvalue weighted by atomic mass is 10.0. The van der Waals surface area contributed by atoms with Crippen LogP contribution < -0.4 is 50.6 Å². The summed E-state index contributed by atoms with van der Waals surface area (Å²) in [5.41, 5.74) is 7.65. The molecule has 14 aromatic rings. The van der Waals surface area contributed by atoms with Gasteiger partial charge in [0.05, 0.1) is 73.9 Å². The van der Waals surface area contributed by atoms with Crippen LogP contribution in [0.1, 0.15) is 109 Å². The van der Waals surface area contributed by atoms with Gasteiger partial charge in [0.2, 0.25) is 0 Å². The van der Waals surface area contributed by atoms with E-state index in [1.807, 2.05) is 200 Å². The minimum atomic E-state index is -0.686. The molecule has 9 heterocycles. The van der Waals surface area contributed by atoms with E-state index in [1.165, 1.54) is 77.5 Å². The van der Waals surface area contributed by atoms with Crippen LogP contribution in [0.4, 0.5) is 15.8 Å². The number of carbonyl (C=O) groups excluding carboxylic acids is 6. The highest BCUT2D eigenvalue weighted by Crippen LogP contribution is 2.34. The number of carbonyl (C=O) groups is 6. The molecule has 3 aliphatic heterocycles. The van der Waals surface area contributed by atoms with Gasteiger partial charge in [-0.2, -0.15) is 0 Å². The van der Waals surface area contributed by atoms with Gasteiger partial charge >= 0.3 is 17.9 Å². The number of amides is 3. The van der Waals surface area contributed by atoms with E-state index in [0.29, 0.717) is 95.4 Å². The largest absolute Gasteiger partial charge is 1.00 e. The lowest BCUT2D eigenvalue weighted by molar-refractivity contribution is -0.00100. The van der Waals surface area contributed by atoms with E-state index in [4.69, 9.17) is 25.8 Å². The van der Waals surface area contributed by atoms with Crippen molar-refractivity contribution in [2.75, 3.05) is 108 Å². The smallest absolute Gasteiger partial charge is 0.345 e. The number of nitrogens with one attached hydrogen (secondary N) is 2. The molecule has 0 radical (unpaired) electrons. The number of aromatic amines is 1. The Hall–Kier alpha value is -11.3. The molecule has 0 bridgehead atoms. The number of hydrogen-bond acceptors (Lipinski definition) is 18. The number of benzene rings is 8. The zero-order valence-corrected chi connectivity index (χ0v) is 82.7. The van der Waals surface area contributed by atoms with Crippen molar-refractivity contribution in [1.29, 1.82) is 0 Å². The number of hydrogen-bond donors (Lipinski definition) is 2. The number of aromatic nitrogens is 3. The number of alkyl halides is 4. The number of piperazine rings is 3. The Kier molecular flexibility index (Phi) is 48.2. The van der Waals surface area contributed by atoms with Crippen molar-refractivity contribution in [3.05, 3.63) is 372 Å². The number of ether oxygens (including phenoxy) is 3. The maximum Gasteiger partial charge on any atom is 0.345 e. The number of H-pyrrole nitrogens is 1. The van der Waals surface area contributed by atoms with E-state index in [-0.39, 0.29) is 90.4 Å². The first kappa shape index (κ1) is 110. The number of esters is 3. The van der Waals surface area contributed by atoms with E-state index >= 15 is 0 Å². The number of anilines is 2. The number of rotatable bonds is 17. The number of pyridine rings is 3. The van der Waals surface area contributed by atoms with Gasteiger partial charge in [-0.1, -0.05) is 282 Å². The fourth-order valence-electron chi connectivity index (χ4n) is 13.9. The normalized spacial score (nSPS) is 12.2. The molecule has 0 aliphatic carbocycles. The van der Waals surface area contributed by atoms with Crippen molar-refractivity contribution >= 4 is 189 Å². The quantitative estimate of drug-likeness (QED) is 0.0376. The highest BCUT2D eigenvalue weighted by atomic mass is 79.9. The Bertz CT molecular complexity index is 5970. The fraction of sp³-hybridized carbons (Fsp3) is 0.242. The monoisotopic (exact) mass is 2150 g/mol. The third-order valence-electron chi connectivity index (χ3n) is 20.3. The van der Waals surface area contributed by atoms with Crippen molar-refractivity contribution in [3.8, 4) is 0 Å². The first-order valence-electron chi connectivity index (χ1n) is 41.7. The zero-order valence-electron chi connectivity index (χ0n) is 73.2. The summed E-state index contributed by atoms with van der Waals surface area (Å²) in [5.74, 6) is -2.18. The van der Waals surface area contributed by atoms with E-state index in [2.05, 4.69) is 123 Å². The summed E-state index contributed by atoms with van der Waals surface area (Å²) in [6.45, 7) is 13.2. The van der Waals surface area contributed by atoms with Crippen molar-refractivity contribution in [1.82, 2.24) is 34.1 Å². The second-order valence-electron chi connectivity index (χ2n) is 28.7. The molecule has 0 spiro atoms. The van der Waals surface area contributed by atoms with Crippen LogP contribution in [-0.4, -0.2) is 163 Å². The fourth-order valence-corrected chi connectivity index (χ4v) is 17.8. The highest BCUT2D eigenvalue weighted by Gasteiger charge is 2.33. The van der Waals surface area contributed by atoms with Crippen LogP contribution in [0.25, 0.3) is 32.7 Å². The molecule has 8 aromatic carbocycles. The van der Waals surface area contributed by atoms with Crippen molar-refractivity contribution in [2.24, 2.45) is 7.05 Å². The zero-order chi connectivity index (χ0) is 92.0. The number of thiophene rings is 3. The molecular formula is C99H99Br4ClF5N9O12S3-4. The van der Waals surface area contributed by atoms with E-state index < -0.39 is 34.6 Å². The molecule has 3 amide bonds. The average Bonchev–Trinajstić information content (AvgIpc) is 0.858. The Morgan fingerprint density at radius 2 is 0.729 bits per heavy atom. The first-order valence-corrected chi connectivity index (χ1v) is 49.2. The van der Waals surface area contributed by atoms with E-state index in [0.717, 1.165) is 68.7 Å². The molecule has 3 fully saturated rings. The first-order chi connectivity index (χ1) is 62.7. The van der Waals surface area contributed by atoms with Gasteiger partial charge < -0.3 is 77.0 Å². The molecule has 21 nitrogen and oxygen atoms in total. The molecular weight excluding hydrogens is 2050 g/mol. The van der Waals surface area contributed by atoms with E-state index in [9.17, 15) is 47.5 Å². The van der Waals surface area contributed by atoms with Gasteiger partial charge in [0.25, 0.3) is 34.4 Å². The molecule has 704 valence electrons. The number of aryl methyl sites for hydroxylation is 1. The molecule has 6 aromatic heterocycles. The van der Waals surface area contributed by atoms with Crippen LogP contribution in [0.5, 0.6) is 0 Å². The van der Waals surface area contributed by atoms with Crippen LogP contribution in [0.3, 0.4) is 0 Å². The second kappa shape index (κ2) is 58.0. The van der Waals surface area contributed by atoms with Crippen molar-refractivity contribution < 1.29 is 66.2 Å². The third-order valence-corrected chi connectivity index (χ3v) is 25.9. The lowest BCUT2D eigenvalue weighted by Crippen LogP contribution is -3.00. The Labute approximate surface area is 818 Å². The minimum Gasteiger partial charge on any atom is -1.00 e. The Morgan fingerprint density at radius 3 is 1.11 bits per heavy atom. The predicted molar refractivity (Wildman–Crippen MR) is 535 cm³/mol. The summed E-state index contributed by atoms with van der Waals surface area (Å²) in [6, 6.07) is 80.2. The molecule has 0 unspecified atom stereocenters. The SMILES string of the molecule is BrCc1ccccc1.BrCc1ccccc1.BrCc1ccccc1.BrCc1ccccc1.CCOC(=O)c1c(Cl)c2ccccc2n(C)c1=O.CCOC(=O)c1c(N2CCN(C(=O)c3cccs3)CC2)c2ccccc2[nH]c1=O.CCOC(=O)c1c(N2CCN(C(=O)c3cccs3)CC2)c2ccccc2n(Cc2ccc(F)cc2)c1=O.O=C(c1cccs1)N1CCNCC1.[F-].[F-].[F-].[F-]. The van der Waals surface area contributed by atoms with Gasteiger partial charge in [-0.3, -0.25) is 28.8 Å². The molecule has 0 atom stereocenters. The minimum absolute atomic E-state index is 0. The summed E-state index contributed by atoms with van der Waals surface area (Å²) >= 11 is 23.9. The van der Waals surface area contributed by atoms with Gasteiger partial charge in [0.15, 0.2) is 0 Å². The Balaban J connectivity index is 0.000000251. The number of fused-ring (bicyclic) bond motifs is 3. The average molecular weight is 2150 g/mol. The van der Waals surface area contributed by atoms with Crippen molar-refractivity contribution in [3.63, 3.8) is 0 Å². The summed E-state index contributed by atoms with van der Waals surface area (Å²) in [7, 11) is 1.60. The van der Waals surface area contributed by atoms with Gasteiger partial charge in [-0.05, 0) is 113 Å².